The lowest BCUT2D eigenvalue weighted by molar-refractivity contribution is -0.249. The van der Waals surface area contributed by atoms with Crippen LogP contribution in [0.25, 0.3) is 0 Å². The topological polar surface area (TPSA) is 595 Å². The molecular formula is C72H140O44. The van der Waals surface area contributed by atoms with Gasteiger partial charge < -0.3 is 115 Å². The Morgan fingerprint density at radius 2 is 0.802 bits per heavy atom. The second-order valence-electron chi connectivity index (χ2n) is 26.3. The summed E-state index contributed by atoms with van der Waals surface area (Å²) in [5, 5.41) is 80.4. The molecule has 116 heavy (non-hydrogen) atoms. The fraction of sp³-hybridized carbons (Fsp3) is 0.861. The summed E-state index contributed by atoms with van der Waals surface area (Å²) in [6, 6.07) is 0. The summed E-state index contributed by atoms with van der Waals surface area (Å²) < 4.78 is 69.9. The Labute approximate surface area is 679 Å². The summed E-state index contributed by atoms with van der Waals surface area (Å²) in [5.74, 6) is -9.33. The zero-order valence-electron chi connectivity index (χ0n) is 71.5. The van der Waals surface area contributed by atoms with Gasteiger partial charge in [0.1, 0.15) is 22.7 Å². The Balaban J connectivity index is -0.000000186. The van der Waals surface area contributed by atoms with Crippen LogP contribution in [0, 0.1) is 58.2 Å². The molecule has 7 atom stereocenters. The number of ether oxygens (including phenoxy) is 14. The SMILES string of the molecule is CC(C)COCC(C)C(=O)OO.CC(C)OCC(C)C(=O)OO.CCC(C)OCC(C)C(=O)OO.CCCCOCC(C)C(=O)OO.CCOCC(C)(COCC)C(=O)OO.CCOCC(COCC)C(=O)OO.COCC(C)(COC)C(=O)OO.COCC(COC)C(=O)OO.O=C(CC1CCCO1)OO.O=C(OO)C1CCOC1. The van der Waals surface area contributed by atoms with Crippen LogP contribution in [0.2, 0.25) is 0 Å². The molecule has 692 valence electrons. The van der Waals surface area contributed by atoms with E-state index >= 15 is 0 Å². The molecule has 0 aromatic rings. The van der Waals surface area contributed by atoms with E-state index in [-0.39, 0.29) is 103 Å². The Morgan fingerprint density at radius 3 is 1.11 bits per heavy atom. The lowest BCUT2D eigenvalue weighted by Gasteiger charge is -2.24. The van der Waals surface area contributed by atoms with Gasteiger partial charge in [0.15, 0.2) is 0 Å². The van der Waals surface area contributed by atoms with Crippen molar-refractivity contribution in [2.24, 2.45) is 58.2 Å². The minimum Gasteiger partial charge on any atom is -0.384 e. The van der Waals surface area contributed by atoms with Gasteiger partial charge in [-0.2, -0.15) is 52.6 Å². The van der Waals surface area contributed by atoms with Crippen LogP contribution in [0.1, 0.15) is 163 Å². The smallest absolute Gasteiger partial charge is 0.352 e. The third-order valence-electron chi connectivity index (χ3n) is 14.5. The lowest BCUT2D eigenvalue weighted by Crippen LogP contribution is -2.38. The predicted octanol–water partition coefficient (Wildman–Crippen LogP) is 7.88. The molecule has 2 aliphatic heterocycles. The maximum absolute atomic E-state index is 11.2. The highest BCUT2D eigenvalue weighted by Gasteiger charge is 2.37. The number of hydrogen-bond acceptors (Lipinski definition) is 44. The monoisotopic (exact) mass is 1710 g/mol. The van der Waals surface area contributed by atoms with Crippen molar-refractivity contribution in [2.75, 3.05) is 167 Å². The molecule has 0 radical (unpaired) electrons. The standard InChI is InChI=1S/C9H18O5.C8H16O5.3C8H16O4.C7H14O5.C7H14O4.C6H12O5.C6H10O4.C5H8O4/c1-4-12-6-9(3,7-13-5-2)8(10)14-11;1-3-11-5-7(6-12-4-2)8(9)13-10;1-6(2)4-11-5-7(3)8(9)12-10;1-4-7(3)11-5-6(2)8(9)12-10;1-3-4-5-11-6-7(2)8(9)12-10;1-7(4-10-2,5-11-3)6(8)12-9;1-5(2)10-4-6(3)7(8)11-9;1-9-3-5(4-10-2)6(7)11-8;7-6(10-8)4-5-2-1-3-9-5;6-5(9-7)4-1-2-8-3-4/h11H,4-7H2,1-3H3;7,10H,3-6H2,1-2H3;2*6-7,10H,4-5H2,1-3H3;7,10H,3-6H2,1-2H3;9H,4-5H2,1-3H3;5-6,9H,4H2,1-3H3;5,8H,3-4H2,1-2H3;5,8H,1-4H2;4,7H,1-3H2. The average molecular weight is 1710 g/mol. The Bertz CT molecular complexity index is 2310. The van der Waals surface area contributed by atoms with Crippen LogP contribution in [-0.4, -0.2) is 298 Å². The molecule has 0 saturated carbocycles. The van der Waals surface area contributed by atoms with E-state index in [1.54, 1.807) is 41.5 Å². The number of carbonyl (C=O) groups excluding carboxylic acids is 10. The maximum atomic E-state index is 11.2. The van der Waals surface area contributed by atoms with E-state index in [0.29, 0.717) is 78.4 Å². The molecular weight excluding hydrogens is 1570 g/mol. The molecule has 0 amide bonds. The van der Waals surface area contributed by atoms with Gasteiger partial charge in [-0.15, -0.1) is 0 Å². The Kier molecular flexibility index (Phi) is 93.6. The number of carbonyl (C=O) groups is 10. The first-order chi connectivity index (χ1) is 54.9. The van der Waals surface area contributed by atoms with E-state index in [4.69, 9.17) is 109 Å². The Morgan fingerprint density at radius 1 is 0.405 bits per heavy atom. The van der Waals surface area contributed by atoms with Gasteiger partial charge in [-0.1, -0.05) is 34.1 Å². The van der Waals surface area contributed by atoms with Crippen molar-refractivity contribution in [3.8, 4) is 0 Å². The normalized spacial score (nSPS) is 14.3. The van der Waals surface area contributed by atoms with Crippen molar-refractivity contribution in [2.45, 2.75) is 181 Å². The maximum Gasteiger partial charge on any atom is 0.352 e. The van der Waals surface area contributed by atoms with Gasteiger partial charge in [0.2, 0.25) is 0 Å². The molecule has 2 rings (SSSR count). The molecule has 0 spiro atoms. The van der Waals surface area contributed by atoms with Crippen LogP contribution in [0.3, 0.4) is 0 Å². The number of methoxy groups -OCH3 is 4. The van der Waals surface area contributed by atoms with Crippen molar-refractivity contribution >= 4 is 59.7 Å². The summed E-state index contributed by atoms with van der Waals surface area (Å²) in [4.78, 5) is 143. The Hall–Kier alpha value is -6.26. The van der Waals surface area contributed by atoms with E-state index in [2.05, 4.69) is 65.3 Å². The first kappa shape index (κ1) is 125. The van der Waals surface area contributed by atoms with Crippen molar-refractivity contribution < 1.29 is 216 Å². The molecule has 7 unspecified atom stereocenters. The van der Waals surface area contributed by atoms with Gasteiger partial charge in [0, 0.05) is 81.3 Å². The van der Waals surface area contributed by atoms with E-state index < -0.39 is 106 Å². The second-order valence-corrected chi connectivity index (χ2v) is 26.3. The average Bonchev–Trinajstić information content (AvgIpc) is 1.39. The van der Waals surface area contributed by atoms with Crippen LogP contribution in [0.5, 0.6) is 0 Å². The second kappa shape index (κ2) is 86.6. The first-order valence-electron chi connectivity index (χ1n) is 37.3. The van der Waals surface area contributed by atoms with E-state index in [9.17, 15) is 47.9 Å². The molecule has 0 bridgehead atoms. The van der Waals surface area contributed by atoms with E-state index in [1.807, 2.05) is 69.2 Å². The largest absolute Gasteiger partial charge is 0.384 e. The van der Waals surface area contributed by atoms with Gasteiger partial charge >= 0.3 is 59.7 Å². The zero-order valence-corrected chi connectivity index (χ0v) is 71.5. The van der Waals surface area contributed by atoms with Gasteiger partial charge in [0.05, 0.1) is 140 Å². The van der Waals surface area contributed by atoms with E-state index in [0.717, 1.165) is 32.1 Å². The molecule has 2 heterocycles. The fourth-order valence-electron chi connectivity index (χ4n) is 7.48. The van der Waals surface area contributed by atoms with Crippen molar-refractivity contribution in [3.05, 3.63) is 0 Å². The van der Waals surface area contributed by atoms with Crippen LogP contribution >= 0.6 is 0 Å². The molecule has 2 aliphatic rings. The molecule has 10 N–H and O–H groups in total. The number of unbranched alkanes of at least 4 members (excludes halogenated alkanes) is 1. The first-order valence-corrected chi connectivity index (χ1v) is 37.3. The molecule has 2 fully saturated rings. The van der Waals surface area contributed by atoms with Crippen LogP contribution in [0.15, 0.2) is 0 Å². The molecule has 0 aromatic carbocycles. The van der Waals surface area contributed by atoms with Crippen molar-refractivity contribution in [1.82, 2.24) is 0 Å². The molecule has 44 heteroatoms. The number of rotatable bonds is 47. The van der Waals surface area contributed by atoms with Crippen LogP contribution < -0.4 is 0 Å². The van der Waals surface area contributed by atoms with Crippen LogP contribution in [-0.2, 0) is 163 Å². The number of hydrogen-bond donors (Lipinski definition) is 10. The highest BCUT2D eigenvalue weighted by Crippen LogP contribution is 2.21. The summed E-state index contributed by atoms with van der Waals surface area (Å²) in [6.07, 6.45) is 5.83. The summed E-state index contributed by atoms with van der Waals surface area (Å²) in [5.41, 5.74) is -1.89. The lowest BCUT2D eigenvalue weighted by atomic mass is 9.93. The quantitative estimate of drug-likeness (QED) is 0.0120. The van der Waals surface area contributed by atoms with Crippen molar-refractivity contribution in [3.63, 3.8) is 0 Å². The highest BCUT2D eigenvalue weighted by molar-refractivity contribution is 5.77. The van der Waals surface area contributed by atoms with Gasteiger partial charge in [-0.25, -0.2) is 47.9 Å². The highest BCUT2D eigenvalue weighted by atomic mass is 17.1. The predicted molar refractivity (Wildman–Crippen MR) is 401 cm³/mol. The van der Waals surface area contributed by atoms with Gasteiger partial charge in [-0.3, -0.25) is 0 Å². The zero-order chi connectivity index (χ0) is 90.9. The summed E-state index contributed by atoms with van der Waals surface area (Å²) >= 11 is 0. The molecule has 0 aliphatic carbocycles. The molecule has 0 aromatic heterocycles. The van der Waals surface area contributed by atoms with E-state index in [1.165, 1.54) is 28.4 Å². The van der Waals surface area contributed by atoms with Crippen LogP contribution in [0.4, 0.5) is 0 Å². The van der Waals surface area contributed by atoms with Gasteiger partial charge in [0.25, 0.3) is 0 Å². The van der Waals surface area contributed by atoms with Crippen molar-refractivity contribution in [1.29, 1.82) is 0 Å². The molecule has 44 nitrogen and oxygen atoms in total. The third-order valence-corrected chi connectivity index (χ3v) is 14.5. The minimum absolute atomic E-state index is 0.0420. The summed E-state index contributed by atoms with van der Waals surface area (Å²) in [6.45, 7) is 38.3. The minimum atomic E-state index is -0.946. The molecule has 2 saturated heterocycles. The summed E-state index contributed by atoms with van der Waals surface area (Å²) in [7, 11) is 5.82. The third kappa shape index (κ3) is 75.2. The fourth-order valence-corrected chi connectivity index (χ4v) is 7.48. The van der Waals surface area contributed by atoms with Gasteiger partial charge in [-0.05, 0) is 128 Å².